The summed E-state index contributed by atoms with van der Waals surface area (Å²) in [7, 11) is 0. The number of ether oxygens (including phenoxy) is 1. The number of nitrogens with zero attached hydrogens (tertiary/aromatic N) is 1. The minimum atomic E-state index is -0.512. The highest BCUT2D eigenvalue weighted by Gasteiger charge is 2.14. The number of hydrogen-bond acceptors (Lipinski definition) is 3. The molecule has 0 heterocycles. The van der Waals surface area contributed by atoms with E-state index in [0.29, 0.717) is 12.5 Å². The van der Waals surface area contributed by atoms with Crippen molar-refractivity contribution in [3.8, 4) is 12.3 Å². The van der Waals surface area contributed by atoms with E-state index in [1.165, 1.54) is 11.1 Å². The van der Waals surface area contributed by atoms with Gasteiger partial charge in [-0.2, -0.15) is 0 Å². The van der Waals surface area contributed by atoms with E-state index in [4.69, 9.17) is 11.2 Å². The lowest BCUT2D eigenvalue weighted by atomic mass is 10.1. The molecule has 0 amide bonds. The molecule has 1 aromatic carbocycles. The molecule has 0 aliphatic rings. The molecule has 116 valence electrons. The van der Waals surface area contributed by atoms with E-state index in [1.807, 2.05) is 0 Å². The summed E-state index contributed by atoms with van der Waals surface area (Å²) in [5, 5.41) is 10.1. The Morgan fingerprint density at radius 3 is 2.71 bits per heavy atom. The summed E-state index contributed by atoms with van der Waals surface area (Å²) in [6.07, 6.45) is 4.62. The maximum Gasteiger partial charge on any atom is 0.107 e. The van der Waals surface area contributed by atoms with Crippen molar-refractivity contribution in [1.82, 2.24) is 4.90 Å². The predicted octanol–water partition coefficient (Wildman–Crippen LogP) is 2.46. The number of terminal acetylenes is 1. The van der Waals surface area contributed by atoms with Crippen LogP contribution in [0.2, 0.25) is 0 Å². The molecule has 1 N–H and O–H groups in total. The van der Waals surface area contributed by atoms with E-state index in [-0.39, 0.29) is 13.2 Å². The molecule has 21 heavy (non-hydrogen) atoms. The van der Waals surface area contributed by atoms with Crippen LogP contribution in [0, 0.1) is 25.2 Å². The normalized spacial score (nSPS) is 12.6. The van der Waals surface area contributed by atoms with Crippen molar-refractivity contribution in [3.05, 3.63) is 35.4 Å². The van der Waals surface area contributed by atoms with Crippen molar-refractivity contribution in [1.29, 1.82) is 0 Å². The van der Waals surface area contributed by atoms with E-state index in [0.717, 1.165) is 13.1 Å². The molecule has 0 saturated carbocycles. The van der Waals surface area contributed by atoms with Gasteiger partial charge < -0.3 is 9.84 Å². The van der Waals surface area contributed by atoms with Crippen LogP contribution in [0.25, 0.3) is 0 Å². The van der Waals surface area contributed by atoms with Crippen LogP contribution in [0.4, 0.5) is 0 Å². The van der Waals surface area contributed by atoms with Crippen molar-refractivity contribution in [2.75, 3.05) is 26.3 Å². The fourth-order valence-electron chi connectivity index (χ4n) is 2.39. The van der Waals surface area contributed by atoms with Crippen molar-refractivity contribution >= 4 is 0 Å². The Kier molecular flexibility index (Phi) is 8.07. The summed E-state index contributed by atoms with van der Waals surface area (Å²) in [4.78, 5) is 2.27. The second-order valence-electron chi connectivity index (χ2n) is 5.95. The van der Waals surface area contributed by atoms with Crippen LogP contribution in [0.15, 0.2) is 24.3 Å². The maximum atomic E-state index is 10.1. The fraction of sp³-hybridized carbons (Fsp3) is 0.556. The van der Waals surface area contributed by atoms with Crippen molar-refractivity contribution < 1.29 is 9.84 Å². The Hall–Kier alpha value is -1.34. The molecule has 0 aliphatic carbocycles. The van der Waals surface area contributed by atoms with Gasteiger partial charge in [-0.1, -0.05) is 49.6 Å². The van der Waals surface area contributed by atoms with Crippen LogP contribution in [-0.4, -0.2) is 42.4 Å². The summed E-state index contributed by atoms with van der Waals surface area (Å²) in [6, 6.07) is 8.49. The molecule has 0 aromatic heterocycles. The van der Waals surface area contributed by atoms with E-state index >= 15 is 0 Å². The summed E-state index contributed by atoms with van der Waals surface area (Å²) in [5.74, 6) is 2.96. The Morgan fingerprint density at radius 1 is 1.33 bits per heavy atom. The zero-order valence-electron chi connectivity index (χ0n) is 13.4. The van der Waals surface area contributed by atoms with Crippen LogP contribution < -0.4 is 0 Å². The zero-order chi connectivity index (χ0) is 15.7. The van der Waals surface area contributed by atoms with Gasteiger partial charge in [-0.15, -0.1) is 6.42 Å². The molecule has 0 bridgehead atoms. The average Bonchev–Trinajstić information content (AvgIpc) is 2.38. The highest BCUT2D eigenvalue weighted by atomic mass is 16.5. The molecule has 1 aromatic rings. The third-order valence-corrected chi connectivity index (χ3v) is 3.08. The van der Waals surface area contributed by atoms with Gasteiger partial charge in [0.2, 0.25) is 0 Å². The fourth-order valence-corrected chi connectivity index (χ4v) is 2.39. The second-order valence-corrected chi connectivity index (χ2v) is 5.95. The van der Waals surface area contributed by atoms with Crippen molar-refractivity contribution in [2.24, 2.45) is 5.92 Å². The second kappa shape index (κ2) is 9.57. The third-order valence-electron chi connectivity index (χ3n) is 3.08. The van der Waals surface area contributed by atoms with Gasteiger partial charge in [0.1, 0.15) is 6.61 Å². The molecule has 1 atom stereocenters. The number of aryl methyl sites for hydroxylation is 1. The molecule has 0 spiro atoms. The first-order valence-corrected chi connectivity index (χ1v) is 7.48. The van der Waals surface area contributed by atoms with Crippen molar-refractivity contribution in [2.45, 2.75) is 33.4 Å². The smallest absolute Gasteiger partial charge is 0.107 e. The molecular formula is C18H27NO2. The molecule has 3 heteroatoms. The lowest BCUT2D eigenvalue weighted by Gasteiger charge is -2.26. The number of hydrogen-bond donors (Lipinski definition) is 1. The van der Waals surface area contributed by atoms with Gasteiger partial charge in [-0.05, 0) is 18.4 Å². The van der Waals surface area contributed by atoms with Gasteiger partial charge >= 0.3 is 0 Å². The molecule has 3 nitrogen and oxygen atoms in total. The van der Waals surface area contributed by atoms with E-state index in [9.17, 15) is 5.11 Å². The van der Waals surface area contributed by atoms with E-state index in [1.54, 1.807) is 0 Å². The van der Waals surface area contributed by atoms with Gasteiger partial charge in [0.25, 0.3) is 0 Å². The van der Waals surface area contributed by atoms with Gasteiger partial charge in [0.05, 0.1) is 12.7 Å². The van der Waals surface area contributed by atoms with Crippen LogP contribution in [0.3, 0.4) is 0 Å². The van der Waals surface area contributed by atoms with Crippen LogP contribution in [0.1, 0.15) is 25.0 Å². The maximum absolute atomic E-state index is 10.1. The molecule has 0 saturated heterocycles. The summed E-state index contributed by atoms with van der Waals surface area (Å²) in [6.45, 7) is 9.38. The molecule has 0 radical (unpaired) electrons. The molecule has 0 fully saturated rings. The Bertz CT molecular complexity index is 451. The minimum absolute atomic E-state index is 0.249. The van der Waals surface area contributed by atoms with Gasteiger partial charge in [-0.25, -0.2) is 0 Å². The minimum Gasteiger partial charge on any atom is -0.389 e. The average molecular weight is 289 g/mol. The lowest BCUT2D eigenvalue weighted by Crippen LogP contribution is -2.36. The van der Waals surface area contributed by atoms with Crippen LogP contribution in [0.5, 0.6) is 0 Å². The van der Waals surface area contributed by atoms with Crippen molar-refractivity contribution in [3.63, 3.8) is 0 Å². The summed E-state index contributed by atoms with van der Waals surface area (Å²) < 4.78 is 5.21. The zero-order valence-corrected chi connectivity index (χ0v) is 13.4. The quantitative estimate of drug-likeness (QED) is 0.560. The first-order valence-electron chi connectivity index (χ1n) is 7.48. The van der Waals surface area contributed by atoms with Gasteiger partial charge in [-0.3, -0.25) is 4.90 Å². The van der Waals surface area contributed by atoms with Crippen LogP contribution >= 0.6 is 0 Å². The van der Waals surface area contributed by atoms with Gasteiger partial charge in [0, 0.05) is 19.6 Å². The topological polar surface area (TPSA) is 32.7 Å². The molecule has 1 rings (SSSR count). The monoisotopic (exact) mass is 289 g/mol. The van der Waals surface area contributed by atoms with E-state index < -0.39 is 6.10 Å². The number of benzene rings is 1. The number of rotatable bonds is 9. The van der Waals surface area contributed by atoms with E-state index in [2.05, 4.69) is 55.9 Å². The van der Waals surface area contributed by atoms with Gasteiger partial charge in [0.15, 0.2) is 0 Å². The van der Waals surface area contributed by atoms with Crippen LogP contribution in [-0.2, 0) is 11.3 Å². The molecule has 0 aliphatic heterocycles. The highest BCUT2D eigenvalue weighted by molar-refractivity contribution is 5.22. The first kappa shape index (κ1) is 17.7. The number of aliphatic hydroxyl groups is 1. The lowest BCUT2D eigenvalue weighted by molar-refractivity contribution is 0.0238. The highest BCUT2D eigenvalue weighted by Crippen LogP contribution is 2.10. The Labute approximate surface area is 128 Å². The standard InChI is InChI=1S/C18H27NO2/c1-5-9-21-14-18(20)13-19(11-15(2)3)12-17-8-6-7-16(4)10-17/h1,6-8,10,15,18,20H,9,11-14H2,2-4H3/t18-/m1/s1. The molecular weight excluding hydrogens is 262 g/mol. The Morgan fingerprint density at radius 2 is 2.10 bits per heavy atom. The summed E-state index contributed by atoms with van der Waals surface area (Å²) >= 11 is 0. The SMILES string of the molecule is C#CCOC[C@H](O)CN(Cc1cccc(C)c1)CC(C)C. The number of aliphatic hydroxyl groups excluding tert-OH is 1. The summed E-state index contributed by atoms with van der Waals surface area (Å²) in [5.41, 5.74) is 2.53. The third kappa shape index (κ3) is 7.87. The Balaban J connectivity index is 2.57. The predicted molar refractivity (Wildman–Crippen MR) is 87.0 cm³/mol. The largest absolute Gasteiger partial charge is 0.389 e. The molecule has 0 unspecified atom stereocenters. The first-order chi connectivity index (χ1) is 10.0.